The number of unbranched alkanes of at least 4 members (excludes halogenated alkanes) is 2. The van der Waals surface area contributed by atoms with Crippen LogP contribution >= 0.6 is 0 Å². The van der Waals surface area contributed by atoms with Gasteiger partial charge in [0.05, 0.1) is 0 Å². The third kappa shape index (κ3) is 4.58. The minimum Gasteiger partial charge on any atom is -0.396 e. The van der Waals surface area contributed by atoms with E-state index >= 15 is 0 Å². The normalized spacial score (nSPS) is 22.1. The van der Waals surface area contributed by atoms with Gasteiger partial charge in [-0.25, -0.2) is 0 Å². The Morgan fingerprint density at radius 1 is 1.43 bits per heavy atom. The van der Waals surface area contributed by atoms with Crippen LogP contribution in [0.2, 0.25) is 0 Å². The first-order valence-electron chi connectivity index (χ1n) is 5.44. The molecule has 1 saturated heterocycles. The van der Waals surface area contributed by atoms with Crippen molar-refractivity contribution in [1.29, 1.82) is 0 Å². The molecule has 1 amide bonds. The average Bonchev–Trinajstić information content (AvgIpc) is 2.21. The molecule has 0 bridgehead atoms. The van der Waals surface area contributed by atoms with Crippen molar-refractivity contribution in [3.63, 3.8) is 0 Å². The summed E-state index contributed by atoms with van der Waals surface area (Å²) in [4.78, 5) is 10.9. The van der Waals surface area contributed by atoms with Crippen LogP contribution in [0.3, 0.4) is 0 Å². The minimum atomic E-state index is 0.170. The molecule has 0 aromatic carbocycles. The second kappa shape index (κ2) is 6.79. The fourth-order valence-corrected chi connectivity index (χ4v) is 1.63. The van der Waals surface area contributed by atoms with Gasteiger partial charge in [0.2, 0.25) is 5.91 Å². The monoisotopic (exact) mass is 200 g/mol. The Morgan fingerprint density at radius 3 is 2.93 bits per heavy atom. The van der Waals surface area contributed by atoms with E-state index < -0.39 is 0 Å². The number of carbonyl (C=O) groups excluding carboxylic acids is 1. The van der Waals surface area contributed by atoms with Crippen LogP contribution in [0, 0.1) is 0 Å². The van der Waals surface area contributed by atoms with Gasteiger partial charge in [0.15, 0.2) is 0 Å². The van der Waals surface area contributed by atoms with Gasteiger partial charge in [-0.2, -0.15) is 0 Å². The summed E-state index contributed by atoms with van der Waals surface area (Å²) in [5, 5.41) is 14.8. The van der Waals surface area contributed by atoms with E-state index in [1.807, 2.05) is 0 Å². The Morgan fingerprint density at radius 2 is 2.29 bits per heavy atom. The predicted molar refractivity (Wildman–Crippen MR) is 55.0 cm³/mol. The number of carbonyl (C=O) groups is 1. The average molecular weight is 200 g/mol. The molecule has 82 valence electrons. The molecule has 14 heavy (non-hydrogen) atoms. The van der Waals surface area contributed by atoms with Crippen LogP contribution in [-0.2, 0) is 4.79 Å². The van der Waals surface area contributed by atoms with Crippen molar-refractivity contribution in [2.24, 2.45) is 0 Å². The Labute approximate surface area is 85.1 Å². The zero-order valence-electron chi connectivity index (χ0n) is 8.59. The topological polar surface area (TPSA) is 61.4 Å². The fourth-order valence-electron chi connectivity index (χ4n) is 1.63. The highest BCUT2D eigenvalue weighted by atomic mass is 16.2. The summed E-state index contributed by atoms with van der Waals surface area (Å²) >= 11 is 0. The summed E-state index contributed by atoms with van der Waals surface area (Å²) in [5.41, 5.74) is 0. The number of hydrogen-bond donors (Lipinski definition) is 3. The molecule has 1 atom stereocenters. The van der Waals surface area contributed by atoms with Crippen molar-refractivity contribution in [1.82, 2.24) is 10.6 Å². The van der Waals surface area contributed by atoms with Crippen LogP contribution in [-0.4, -0.2) is 36.8 Å². The van der Waals surface area contributed by atoms with Crippen LogP contribution < -0.4 is 10.6 Å². The van der Waals surface area contributed by atoms with E-state index in [2.05, 4.69) is 10.6 Å². The maximum Gasteiger partial charge on any atom is 0.220 e. The molecule has 4 nitrogen and oxygen atoms in total. The zero-order valence-corrected chi connectivity index (χ0v) is 8.59. The SMILES string of the molecule is O=C1CCC(NCCCCCO)CN1. The van der Waals surface area contributed by atoms with Crippen molar-refractivity contribution < 1.29 is 9.90 Å². The molecular weight excluding hydrogens is 180 g/mol. The highest BCUT2D eigenvalue weighted by Gasteiger charge is 2.16. The number of piperidine rings is 1. The number of hydrogen-bond acceptors (Lipinski definition) is 3. The molecule has 0 saturated carbocycles. The van der Waals surface area contributed by atoms with Crippen molar-refractivity contribution in [2.75, 3.05) is 19.7 Å². The molecule has 0 spiro atoms. The number of nitrogens with one attached hydrogen (secondary N) is 2. The molecule has 4 heteroatoms. The summed E-state index contributed by atoms with van der Waals surface area (Å²) in [5.74, 6) is 0.170. The molecule has 1 heterocycles. The Bertz CT molecular complexity index is 164. The van der Waals surface area contributed by atoms with Crippen LogP contribution in [0.4, 0.5) is 0 Å². The van der Waals surface area contributed by atoms with Crippen LogP contribution in [0.1, 0.15) is 32.1 Å². The molecule has 1 aliphatic heterocycles. The van der Waals surface area contributed by atoms with E-state index in [0.29, 0.717) is 19.1 Å². The summed E-state index contributed by atoms with van der Waals surface area (Å²) in [7, 11) is 0. The molecule has 1 fully saturated rings. The van der Waals surface area contributed by atoms with Gasteiger partial charge in [-0.1, -0.05) is 0 Å². The molecule has 0 radical (unpaired) electrons. The van der Waals surface area contributed by atoms with Gasteiger partial charge in [0.25, 0.3) is 0 Å². The Hall–Kier alpha value is -0.610. The summed E-state index contributed by atoms with van der Waals surface area (Å²) in [6.45, 7) is 2.04. The van der Waals surface area contributed by atoms with Gasteiger partial charge in [0, 0.05) is 25.6 Å². The van der Waals surface area contributed by atoms with Crippen molar-refractivity contribution in [3.05, 3.63) is 0 Å². The zero-order chi connectivity index (χ0) is 10.2. The van der Waals surface area contributed by atoms with E-state index in [1.54, 1.807) is 0 Å². The molecule has 1 unspecified atom stereocenters. The number of amides is 1. The lowest BCUT2D eigenvalue weighted by Gasteiger charge is -2.23. The smallest absolute Gasteiger partial charge is 0.220 e. The third-order valence-corrected chi connectivity index (χ3v) is 2.53. The summed E-state index contributed by atoms with van der Waals surface area (Å²) in [6.07, 6.45) is 4.66. The highest BCUT2D eigenvalue weighted by molar-refractivity contribution is 5.76. The van der Waals surface area contributed by atoms with Gasteiger partial charge >= 0.3 is 0 Å². The molecule has 1 aliphatic rings. The van der Waals surface area contributed by atoms with E-state index in [9.17, 15) is 4.79 Å². The first-order valence-corrected chi connectivity index (χ1v) is 5.44. The second-order valence-corrected chi connectivity index (χ2v) is 3.78. The Kier molecular flexibility index (Phi) is 5.56. The van der Waals surface area contributed by atoms with Gasteiger partial charge in [-0.05, 0) is 32.2 Å². The van der Waals surface area contributed by atoms with Gasteiger partial charge in [0.1, 0.15) is 0 Å². The number of aliphatic hydroxyl groups is 1. The summed E-state index contributed by atoms with van der Waals surface area (Å²) < 4.78 is 0. The third-order valence-electron chi connectivity index (χ3n) is 2.53. The predicted octanol–water partition coefficient (Wildman–Crippen LogP) is 0.0172. The standard InChI is InChI=1S/C10H20N2O2/c13-7-3-1-2-6-11-9-4-5-10(14)12-8-9/h9,11,13H,1-8H2,(H,12,14). The van der Waals surface area contributed by atoms with E-state index in [-0.39, 0.29) is 5.91 Å². The van der Waals surface area contributed by atoms with Gasteiger partial charge in [-0.3, -0.25) is 4.79 Å². The van der Waals surface area contributed by atoms with Crippen LogP contribution in [0.25, 0.3) is 0 Å². The lowest BCUT2D eigenvalue weighted by atomic mass is 10.1. The first-order chi connectivity index (χ1) is 6.83. The molecular formula is C10H20N2O2. The molecule has 0 aliphatic carbocycles. The van der Waals surface area contributed by atoms with Crippen LogP contribution in [0.5, 0.6) is 0 Å². The second-order valence-electron chi connectivity index (χ2n) is 3.78. The fraction of sp³-hybridized carbons (Fsp3) is 0.900. The maximum absolute atomic E-state index is 10.9. The van der Waals surface area contributed by atoms with E-state index in [1.165, 1.54) is 0 Å². The highest BCUT2D eigenvalue weighted by Crippen LogP contribution is 2.02. The van der Waals surface area contributed by atoms with Gasteiger partial charge < -0.3 is 15.7 Å². The molecule has 0 aromatic rings. The van der Waals surface area contributed by atoms with E-state index in [4.69, 9.17) is 5.11 Å². The maximum atomic E-state index is 10.9. The molecule has 3 N–H and O–H groups in total. The quantitative estimate of drug-likeness (QED) is 0.530. The lowest BCUT2D eigenvalue weighted by molar-refractivity contribution is -0.122. The Balaban J connectivity index is 1.94. The van der Waals surface area contributed by atoms with Crippen molar-refractivity contribution >= 4 is 5.91 Å². The molecule has 1 rings (SSSR count). The summed E-state index contributed by atoms with van der Waals surface area (Å²) in [6, 6.07) is 0.446. The first kappa shape index (κ1) is 11.5. The number of aliphatic hydroxyl groups excluding tert-OH is 1. The van der Waals surface area contributed by atoms with E-state index in [0.717, 1.165) is 38.8 Å². The van der Waals surface area contributed by atoms with Crippen LogP contribution in [0.15, 0.2) is 0 Å². The largest absolute Gasteiger partial charge is 0.396 e. The number of rotatable bonds is 6. The lowest BCUT2D eigenvalue weighted by Crippen LogP contribution is -2.45. The van der Waals surface area contributed by atoms with Gasteiger partial charge in [-0.15, -0.1) is 0 Å². The van der Waals surface area contributed by atoms with Crippen molar-refractivity contribution in [2.45, 2.75) is 38.1 Å². The molecule has 0 aromatic heterocycles. The minimum absolute atomic E-state index is 0.170. The van der Waals surface area contributed by atoms with Crippen molar-refractivity contribution in [3.8, 4) is 0 Å².